The minimum Gasteiger partial charge on any atom is -0.487 e. The predicted molar refractivity (Wildman–Crippen MR) is 139 cm³/mol. The molecule has 0 saturated carbocycles. The highest BCUT2D eigenvalue weighted by Crippen LogP contribution is 2.31. The molecule has 4 nitrogen and oxygen atoms in total. The molecule has 0 amide bonds. The Morgan fingerprint density at radius 2 is 1.68 bits per heavy atom. The molecule has 0 fully saturated rings. The molecule has 0 aliphatic carbocycles. The van der Waals surface area contributed by atoms with Gasteiger partial charge < -0.3 is 9.47 Å². The second-order valence-electron chi connectivity index (χ2n) is 7.24. The Kier molecular flexibility index (Phi) is 6.76. The van der Waals surface area contributed by atoms with Gasteiger partial charge in [-0.25, -0.2) is 9.79 Å². The Morgan fingerprint density at radius 1 is 1.00 bits per heavy atom. The monoisotopic (exact) mass is 635 g/mol. The Bertz CT molecular complexity index is 1190. The maximum Gasteiger partial charge on any atom is 0.363 e. The van der Waals surface area contributed by atoms with Crippen molar-refractivity contribution in [2.75, 3.05) is 0 Å². The van der Waals surface area contributed by atoms with E-state index in [1.54, 1.807) is 6.08 Å². The number of carbonyl (C=O) groups is 1. The maximum atomic E-state index is 12.4. The van der Waals surface area contributed by atoms with Crippen LogP contribution in [0.25, 0.3) is 6.08 Å². The van der Waals surface area contributed by atoms with Crippen LogP contribution < -0.4 is 4.74 Å². The first-order chi connectivity index (χ1) is 14.9. The van der Waals surface area contributed by atoms with Crippen molar-refractivity contribution in [2.45, 2.75) is 20.5 Å². The third-order valence-corrected chi connectivity index (χ3v) is 6.43. The molecule has 1 aliphatic heterocycles. The molecule has 1 aliphatic rings. The second kappa shape index (κ2) is 9.52. The van der Waals surface area contributed by atoms with Crippen LogP contribution in [0.3, 0.4) is 0 Å². The molecular formula is C25H19I2NO3. The average Bonchev–Trinajstić information content (AvgIpc) is 3.09. The van der Waals surface area contributed by atoms with Crippen LogP contribution in [0.1, 0.15) is 27.8 Å². The summed E-state index contributed by atoms with van der Waals surface area (Å²) in [6.45, 7) is 4.54. The molecule has 0 saturated heterocycles. The number of esters is 1. The summed E-state index contributed by atoms with van der Waals surface area (Å²) in [5, 5.41) is 0. The van der Waals surface area contributed by atoms with Crippen LogP contribution in [-0.2, 0) is 16.1 Å². The van der Waals surface area contributed by atoms with Crippen molar-refractivity contribution in [1.82, 2.24) is 0 Å². The van der Waals surface area contributed by atoms with E-state index < -0.39 is 5.97 Å². The summed E-state index contributed by atoms with van der Waals surface area (Å²) in [7, 11) is 0. The van der Waals surface area contributed by atoms with Gasteiger partial charge in [-0.1, -0.05) is 48.0 Å². The molecule has 156 valence electrons. The number of rotatable bonds is 5. The Balaban J connectivity index is 1.56. The van der Waals surface area contributed by atoms with Crippen LogP contribution in [0.5, 0.6) is 5.75 Å². The van der Waals surface area contributed by atoms with Crippen LogP contribution >= 0.6 is 45.2 Å². The first-order valence-corrected chi connectivity index (χ1v) is 11.8. The first kappa shape index (κ1) is 22.0. The fourth-order valence-corrected chi connectivity index (χ4v) is 5.26. The molecule has 0 bridgehead atoms. The van der Waals surface area contributed by atoms with E-state index in [-0.39, 0.29) is 5.70 Å². The van der Waals surface area contributed by atoms with E-state index in [0.717, 1.165) is 35.1 Å². The number of benzene rings is 3. The number of halogens is 2. The fraction of sp³-hybridized carbons (Fsp3) is 0.120. The third kappa shape index (κ3) is 5.17. The molecule has 0 atom stereocenters. The van der Waals surface area contributed by atoms with Crippen molar-refractivity contribution in [3.05, 3.63) is 101 Å². The van der Waals surface area contributed by atoms with Gasteiger partial charge in [-0.15, -0.1) is 0 Å². The summed E-state index contributed by atoms with van der Waals surface area (Å²) in [5.41, 5.74) is 5.34. The van der Waals surface area contributed by atoms with E-state index in [1.807, 2.05) is 43.3 Å². The van der Waals surface area contributed by atoms with E-state index in [2.05, 4.69) is 81.4 Å². The number of ether oxygens (including phenoxy) is 2. The van der Waals surface area contributed by atoms with Gasteiger partial charge in [0.25, 0.3) is 0 Å². The van der Waals surface area contributed by atoms with Gasteiger partial charge in [-0.3, -0.25) is 0 Å². The zero-order valence-electron chi connectivity index (χ0n) is 17.0. The fourth-order valence-electron chi connectivity index (χ4n) is 3.14. The predicted octanol–water partition coefficient (Wildman–Crippen LogP) is 6.44. The van der Waals surface area contributed by atoms with Gasteiger partial charge in [0.1, 0.15) is 12.4 Å². The van der Waals surface area contributed by atoms with Crippen molar-refractivity contribution >= 4 is 63.1 Å². The van der Waals surface area contributed by atoms with Crippen molar-refractivity contribution in [1.29, 1.82) is 0 Å². The largest absolute Gasteiger partial charge is 0.487 e. The summed E-state index contributed by atoms with van der Waals surface area (Å²) < 4.78 is 13.4. The molecule has 3 aromatic carbocycles. The highest BCUT2D eigenvalue weighted by atomic mass is 127. The molecule has 4 rings (SSSR count). The molecule has 0 aromatic heterocycles. The SMILES string of the molecule is Cc1ccc(COc2c(I)cc(/C=C3\N=C(c4ccccc4C)OC3=O)cc2I)cc1. The number of hydrogen-bond acceptors (Lipinski definition) is 4. The smallest absolute Gasteiger partial charge is 0.363 e. The van der Waals surface area contributed by atoms with Crippen molar-refractivity contribution in [3.8, 4) is 5.75 Å². The number of cyclic esters (lactones) is 1. The lowest BCUT2D eigenvalue weighted by Gasteiger charge is -2.12. The summed E-state index contributed by atoms with van der Waals surface area (Å²) >= 11 is 4.52. The maximum absolute atomic E-state index is 12.4. The molecule has 1 heterocycles. The topological polar surface area (TPSA) is 47.9 Å². The van der Waals surface area contributed by atoms with Gasteiger partial charge in [0.05, 0.1) is 7.14 Å². The quantitative estimate of drug-likeness (QED) is 0.185. The molecule has 31 heavy (non-hydrogen) atoms. The molecule has 0 spiro atoms. The first-order valence-electron chi connectivity index (χ1n) is 9.66. The number of hydrogen-bond donors (Lipinski definition) is 0. The van der Waals surface area contributed by atoms with Crippen LogP contribution in [0.2, 0.25) is 0 Å². The zero-order valence-corrected chi connectivity index (χ0v) is 21.3. The number of aryl methyl sites for hydroxylation is 2. The average molecular weight is 635 g/mol. The van der Waals surface area contributed by atoms with Gasteiger partial charge >= 0.3 is 5.97 Å². The van der Waals surface area contributed by atoms with Gasteiger partial charge in [0.15, 0.2) is 5.70 Å². The van der Waals surface area contributed by atoms with Gasteiger partial charge in [-0.2, -0.15) is 0 Å². The van der Waals surface area contributed by atoms with Crippen molar-refractivity contribution in [2.24, 2.45) is 4.99 Å². The van der Waals surface area contributed by atoms with Gasteiger partial charge in [0, 0.05) is 5.56 Å². The second-order valence-corrected chi connectivity index (χ2v) is 9.56. The molecule has 0 radical (unpaired) electrons. The molecule has 0 N–H and O–H groups in total. The van der Waals surface area contributed by atoms with E-state index in [9.17, 15) is 4.79 Å². The van der Waals surface area contributed by atoms with E-state index in [1.165, 1.54) is 5.56 Å². The zero-order chi connectivity index (χ0) is 22.0. The normalized spacial score (nSPS) is 14.5. The number of nitrogens with zero attached hydrogens (tertiary/aromatic N) is 1. The van der Waals surface area contributed by atoms with Crippen LogP contribution in [-0.4, -0.2) is 11.9 Å². The highest BCUT2D eigenvalue weighted by molar-refractivity contribution is 14.1. The van der Waals surface area contributed by atoms with Crippen molar-refractivity contribution in [3.63, 3.8) is 0 Å². The standard InChI is InChI=1S/C25H19I2NO3/c1-15-7-9-17(10-8-15)14-30-23-20(26)11-18(12-21(23)27)13-22-25(29)31-24(28-22)19-6-4-3-5-16(19)2/h3-13H,14H2,1-2H3/b22-13-. The molecule has 3 aromatic rings. The minimum atomic E-state index is -0.442. The Morgan fingerprint density at radius 3 is 2.35 bits per heavy atom. The highest BCUT2D eigenvalue weighted by Gasteiger charge is 2.25. The summed E-state index contributed by atoms with van der Waals surface area (Å²) in [4.78, 5) is 16.8. The lowest BCUT2D eigenvalue weighted by molar-refractivity contribution is -0.129. The number of carbonyl (C=O) groups excluding carboxylic acids is 1. The lowest BCUT2D eigenvalue weighted by atomic mass is 10.1. The summed E-state index contributed by atoms with van der Waals surface area (Å²) in [5.74, 6) is 0.738. The van der Waals surface area contributed by atoms with Crippen LogP contribution in [0.4, 0.5) is 0 Å². The minimum absolute atomic E-state index is 0.290. The van der Waals surface area contributed by atoms with Crippen LogP contribution in [0, 0.1) is 21.0 Å². The van der Waals surface area contributed by atoms with Gasteiger partial charge in [-0.05, 0) is 100.0 Å². The molecule has 0 unspecified atom stereocenters. The number of aliphatic imine (C=N–C) groups is 1. The van der Waals surface area contributed by atoms with E-state index >= 15 is 0 Å². The lowest BCUT2D eigenvalue weighted by Crippen LogP contribution is -2.06. The van der Waals surface area contributed by atoms with E-state index in [0.29, 0.717) is 12.5 Å². The Hall–Kier alpha value is -2.20. The van der Waals surface area contributed by atoms with E-state index in [4.69, 9.17) is 9.47 Å². The summed E-state index contributed by atoms with van der Waals surface area (Å²) in [6.07, 6.45) is 1.75. The molecule has 6 heteroatoms. The molecular weight excluding hydrogens is 616 g/mol. The van der Waals surface area contributed by atoms with Crippen molar-refractivity contribution < 1.29 is 14.3 Å². The third-order valence-electron chi connectivity index (χ3n) is 4.82. The van der Waals surface area contributed by atoms with Gasteiger partial charge in [0.2, 0.25) is 5.90 Å². The Labute approximate surface area is 208 Å². The summed E-state index contributed by atoms with van der Waals surface area (Å²) in [6, 6.07) is 20.0. The van der Waals surface area contributed by atoms with Crippen LogP contribution in [0.15, 0.2) is 71.4 Å².